The fourth-order valence-electron chi connectivity index (χ4n) is 7.87. The van der Waals surface area contributed by atoms with Gasteiger partial charge in [-0.2, -0.15) is 0 Å². The van der Waals surface area contributed by atoms with Gasteiger partial charge in [-0.15, -0.1) is 22.7 Å². The number of anilines is 3. The van der Waals surface area contributed by atoms with E-state index >= 15 is 0 Å². The second kappa shape index (κ2) is 10.8. The standard InChI is InChI=1S/C46H27NOS2/c1-2-14-32-28(11-1)25-26-36-44-37(19-10-21-39(44)48-45(32)36)47(38-20-8-18-34-33-15-3-5-22-40(33)50-46(34)38)30-13-7-12-29(27-30)31-17-9-24-42-43(31)35-16-4-6-23-41(35)49-42/h1-27H. The summed E-state index contributed by atoms with van der Waals surface area (Å²) in [5, 5.41) is 9.72. The Morgan fingerprint density at radius 1 is 0.440 bits per heavy atom. The van der Waals surface area contributed by atoms with E-state index in [2.05, 4.69) is 169 Å². The maximum atomic E-state index is 6.71. The molecule has 11 aromatic rings. The van der Waals surface area contributed by atoms with Gasteiger partial charge in [0.25, 0.3) is 0 Å². The second-order valence-corrected chi connectivity index (χ2v) is 15.0. The molecule has 2 nitrogen and oxygen atoms in total. The fraction of sp³-hybridized carbons (Fsp3) is 0. The zero-order valence-electron chi connectivity index (χ0n) is 26.8. The Bertz CT molecular complexity index is 3130. The molecule has 0 aliphatic rings. The highest BCUT2D eigenvalue weighted by Crippen LogP contribution is 2.49. The highest BCUT2D eigenvalue weighted by atomic mass is 32.1. The van der Waals surface area contributed by atoms with E-state index in [9.17, 15) is 0 Å². The first-order chi connectivity index (χ1) is 24.8. The molecule has 3 aromatic heterocycles. The van der Waals surface area contributed by atoms with E-state index in [4.69, 9.17) is 4.42 Å². The summed E-state index contributed by atoms with van der Waals surface area (Å²) >= 11 is 3.72. The van der Waals surface area contributed by atoms with Crippen LogP contribution in [0.4, 0.5) is 17.1 Å². The number of furan rings is 1. The smallest absolute Gasteiger partial charge is 0.143 e. The predicted molar refractivity (Wildman–Crippen MR) is 217 cm³/mol. The molecule has 0 amide bonds. The van der Waals surface area contributed by atoms with Crippen LogP contribution in [-0.2, 0) is 0 Å². The fourth-order valence-corrected chi connectivity index (χ4v) is 10.2. The lowest BCUT2D eigenvalue weighted by atomic mass is 9.98. The van der Waals surface area contributed by atoms with Gasteiger partial charge < -0.3 is 9.32 Å². The SMILES string of the molecule is c1cc(-c2cccc3sc4ccccc4c23)cc(N(c2cccc3c2sc2ccccc23)c2cccc3oc4c5ccccc5ccc4c23)c1. The first-order valence-electron chi connectivity index (χ1n) is 16.8. The summed E-state index contributed by atoms with van der Waals surface area (Å²) in [5.74, 6) is 0. The number of hydrogen-bond donors (Lipinski definition) is 0. The van der Waals surface area contributed by atoms with Crippen molar-refractivity contribution in [3.05, 3.63) is 164 Å². The first kappa shape index (κ1) is 28.0. The summed E-state index contributed by atoms with van der Waals surface area (Å²) in [5.41, 5.74) is 7.61. The molecule has 0 saturated carbocycles. The number of hydrogen-bond acceptors (Lipinski definition) is 4. The third-order valence-electron chi connectivity index (χ3n) is 10.0. The Kier molecular flexibility index (Phi) is 6.03. The molecule has 0 fully saturated rings. The third kappa shape index (κ3) is 4.07. The lowest BCUT2D eigenvalue weighted by Gasteiger charge is -2.27. The highest BCUT2D eigenvalue weighted by Gasteiger charge is 2.23. The Labute approximate surface area is 295 Å². The monoisotopic (exact) mass is 673 g/mol. The van der Waals surface area contributed by atoms with Crippen molar-refractivity contribution in [1.82, 2.24) is 0 Å². The summed E-state index contributed by atoms with van der Waals surface area (Å²) in [7, 11) is 0. The normalized spacial score (nSPS) is 12.0. The van der Waals surface area contributed by atoms with Crippen molar-refractivity contribution in [2.75, 3.05) is 4.90 Å². The Balaban J connectivity index is 1.22. The van der Waals surface area contributed by atoms with Crippen molar-refractivity contribution in [2.45, 2.75) is 0 Å². The number of benzene rings is 8. The Morgan fingerprint density at radius 3 is 2.06 bits per heavy atom. The van der Waals surface area contributed by atoms with Crippen molar-refractivity contribution >= 4 is 113 Å². The van der Waals surface area contributed by atoms with Gasteiger partial charge in [-0.05, 0) is 71.1 Å². The van der Waals surface area contributed by atoms with Crippen molar-refractivity contribution in [3.63, 3.8) is 0 Å². The van der Waals surface area contributed by atoms with E-state index in [1.54, 1.807) is 0 Å². The Morgan fingerprint density at radius 2 is 1.14 bits per heavy atom. The zero-order valence-corrected chi connectivity index (χ0v) is 28.4. The zero-order chi connectivity index (χ0) is 32.8. The van der Waals surface area contributed by atoms with Crippen LogP contribution in [0.3, 0.4) is 0 Å². The predicted octanol–water partition coefficient (Wildman–Crippen LogP) is 14.6. The molecule has 4 heteroatoms. The van der Waals surface area contributed by atoms with E-state index in [-0.39, 0.29) is 0 Å². The van der Waals surface area contributed by atoms with Crippen molar-refractivity contribution < 1.29 is 4.42 Å². The molecule has 11 rings (SSSR count). The number of nitrogens with zero attached hydrogens (tertiary/aromatic N) is 1. The molecule has 8 aromatic carbocycles. The molecule has 0 aliphatic carbocycles. The molecule has 0 N–H and O–H groups in total. The largest absolute Gasteiger partial charge is 0.455 e. The van der Waals surface area contributed by atoms with Crippen molar-refractivity contribution in [3.8, 4) is 11.1 Å². The second-order valence-electron chi connectivity index (χ2n) is 12.8. The topological polar surface area (TPSA) is 16.4 Å². The van der Waals surface area contributed by atoms with Crippen LogP contribution in [0, 0.1) is 0 Å². The number of fused-ring (bicyclic) bond motifs is 11. The van der Waals surface area contributed by atoms with Crippen molar-refractivity contribution in [1.29, 1.82) is 0 Å². The van der Waals surface area contributed by atoms with Crippen LogP contribution < -0.4 is 4.90 Å². The van der Waals surface area contributed by atoms with E-state index in [0.29, 0.717) is 0 Å². The molecule has 50 heavy (non-hydrogen) atoms. The third-order valence-corrected chi connectivity index (χ3v) is 12.4. The van der Waals surface area contributed by atoms with Crippen LogP contribution in [0.2, 0.25) is 0 Å². The van der Waals surface area contributed by atoms with Crippen LogP contribution in [0.1, 0.15) is 0 Å². The van der Waals surface area contributed by atoms with Crippen LogP contribution in [-0.4, -0.2) is 0 Å². The summed E-state index contributed by atoms with van der Waals surface area (Å²) in [6.45, 7) is 0. The van der Waals surface area contributed by atoms with Gasteiger partial charge in [-0.25, -0.2) is 0 Å². The molecule has 234 valence electrons. The van der Waals surface area contributed by atoms with Gasteiger partial charge in [-0.1, -0.05) is 109 Å². The van der Waals surface area contributed by atoms with E-state index in [1.807, 2.05) is 22.7 Å². The van der Waals surface area contributed by atoms with Gasteiger partial charge >= 0.3 is 0 Å². The molecule has 0 aliphatic heterocycles. The van der Waals surface area contributed by atoms with Crippen LogP contribution in [0.15, 0.2) is 168 Å². The van der Waals surface area contributed by atoms with Gasteiger partial charge in [-0.3, -0.25) is 0 Å². The lowest BCUT2D eigenvalue weighted by Crippen LogP contribution is -2.10. The average Bonchev–Trinajstić information content (AvgIpc) is 3.87. The summed E-state index contributed by atoms with van der Waals surface area (Å²) in [4.78, 5) is 2.46. The maximum Gasteiger partial charge on any atom is 0.143 e. The molecular weight excluding hydrogens is 647 g/mol. The van der Waals surface area contributed by atoms with Gasteiger partial charge in [0.05, 0.1) is 21.5 Å². The van der Waals surface area contributed by atoms with Gasteiger partial charge in [0.1, 0.15) is 11.2 Å². The summed E-state index contributed by atoms with van der Waals surface area (Å²) in [6, 6.07) is 59.4. The van der Waals surface area contributed by atoms with Crippen molar-refractivity contribution in [2.24, 2.45) is 0 Å². The average molecular weight is 674 g/mol. The molecule has 0 spiro atoms. The molecular formula is C46H27NOS2. The van der Waals surface area contributed by atoms with Crippen LogP contribution in [0.5, 0.6) is 0 Å². The highest BCUT2D eigenvalue weighted by molar-refractivity contribution is 7.26. The summed E-state index contributed by atoms with van der Waals surface area (Å²) in [6.07, 6.45) is 0. The quantitative estimate of drug-likeness (QED) is 0.185. The molecule has 0 saturated heterocycles. The van der Waals surface area contributed by atoms with Crippen LogP contribution >= 0.6 is 22.7 Å². The molecule has 0 radical (unpaired) electrons. The minimum Gasteiger partial charge on any atom is -0.455 e. The molecule has 0 unspecified atom stereocenters. The first-order valence-corrected chi connectivity index (χ1v) is 18.5. The molecule has 0 atom stereocenters. The number of thiophene rings is 2. The van der Waals surface area contributed by atoms with E-state index in [0.717, 1.165) is 44.4 Å². The van der Waals surface area contributed by atoms with Crippen LogP contribution in [0.25, 0.3) is 84.2 Å². The maximum absolute atomic E-state index is 6.71. The van der Waals surface area contributed by atoms with E-state index in [1.165, 1.54) is 56.9 Å². The minimum atomic E-state index is 0.882. The lowest BCUT2D eigenvalue weighted by molar-refractivity contribution is 0.672. The molecule has 0 bridgehead atoms. The van der Waals surface area contributed by atoms with Gasteiger partial charge in [0.15, 0.2) is 0 Å². The van der Waals surface area contributed by atoms with E-state index < -0.39 is 0 Å². The minimum absolute atomic E-state index is 0.882. The van der Waals surface area contributed by atoms with Gasteiger partial charge in [0.2, 0.25) is 0 Å². The molecule has 3 heterocycles. The summed E-state index contributed by atoms with van der Waals surface area (Å²) < 4.78 is 11.9. The Hall–Kier alpha value is -5.94. The van der Waals surface area contributed by atoms with Gasteiger partial charge in [0, 0.05) is 52.1 Å². The number of rotatable bonds is 4.